The van der Waals surface area contributed by atoms with E-state index < -0.39 is 11.5 Å². The maximum Gasteiger partial charge on any atom is 0.300 e. The molecule has 1 fully saturated rings. The highest BCUT2D eigenvalue weighted by molar-refractivity contribution is 5.87. The van der Waals surface area contributed by atoms with Gasteiger partial charge < -0.3 is 20.3 Å². The molecular weight excluding hydrogens is 370 g/mol. The van der Waals surface area contributed by atoms with Crippen molar-refractivity contribution in [3.63, 3.8) is 0 Å². The fourth-order valence-electron chi connectivity index (χ4n) is 3.93. The number of benzene rings is 1. The maximum atomic E-state index is 12.7. The molecule has 1 atom stereocenters. The van der Waals surface area contributed by atoms with Crippen molar-refractivity contribution in [1.82, 2.24) is 19.7 Å². The smallest absolute Gasteiger partial charge is 0.300 e. The first-order valence-corrected chi connectivity index (χ1v) is 10.0. The minimum atomic E-state index is -0.833. The summed E-state index contributed by atoms with van der Waals surface area (Å²) in [7, 11) is 0. The molecular formula is C21H29N5O3. The Kier molecular flexibility index (Phi) is 6.32. The first-order chi connectivity index (χ1) is 13.8. The number of fused-ring (bicyclic) bond motifs is 1. The zero-order chi connectivity index (χ0) is 21.0. The zero-order valence-electron chi connectivity index (χ0n) is 17.0. The number of nitrogens with two attached hydrogens (primary N) is 1. The van der Waals surface area contributed by atoms with Gasteiger partial charge in [-0.2, -0.15) is 0 Å². The van der Waals surface area contributed by atoms with Gasteiger partial charge in [-0.05, 0) is 38.2 Å². The molecule has 1 amide bonds. The van der Waals surface area contributed by atoms with Gasteiger partial charge in [0.1, 0.15) is 5.82 Å². The van der Waals surface area contributed by atoms with Crippen molar-refractivity contribution in [2.45, 2.75) is 64.1 Å². The molecule has 29 heavy (non-hydrogen) atoms. The molecule has 0 radical (unpaired) electrons. The molecule has 156 valence electrons. The van der Waals surface area contributed by atoms with Crippen LogP contribution >= 0.6 is 0 Å². The summed E-state index contributed by atoms with van der Waals surface area (Å²) in [6.07, 6.45) is 4.44. The van der Waals surface area contributed by atoms with Crippen molar-refractivity contribution in [1.29, 1.82) is 0 Å². The highest BCUT2D eigenvalue weighted by Gasteiger charge is 2.44. The van der Waals surface area contributed by atoms with Crippen molar-refractivity contribution in [3.05, 3.63) is 47.5 Å². The van der Waals surface area contributed by atoms with Crippen LogP contribution in [0.5, 0.6) is 0 Å². The SMILES string of the molecule is CC(=O)O.C[C@H]1CN(C(=O)C2(N)CCC2)Cc2nnc(CCc3ccccc3)n21. The van der Waals surface area contributed by atoms with Crippen LogP contribution in [0.1, 0.15) is 56.4 Å². The molecule has 0 saturated heterocycles. The predicted octanol–water partition coefficient (Wildman–Crippen LogP) is 1.94. The summed E-state index contributed by atoms with van der Waals surface area (Å²) in [5.74, 6) is 1.12. The van der Waals surface area contributed by atoms with E-state index in [1.165, 1.54) is 5.56 Å². The van der Waals surface area contributed by atoms with Crippen LogP contribution in [0.3, 0.4) is 0 Å². The maximum absolute atomic E-state index is 12.7. The van der Waals surface area contributed by atoms with Crippen LogP contribution in [0.25, 0.3) is 0 Å². The fourth-order valence-corrected chi connectivity index (χ4v) is 3.93. The second-order valence-electron chi connectivity index (χ2n) is 7.95. The first-order valence-electron chi connectivity index (χ1n) is 10.0. The lowest BCUT2D eigenvalue weighted by Gasteiger charge is -2.42. The average molecular weight is 399 g/mol. The van der Waals surface area contributed by atoms with Crippen molar-refractivity contribution < 1.29 is 14.7 Å². The Labute approximate surface area is 170 Å². The van der Waals surface area contributed by atoms with Crippen LogP contribution < -0.4 is 5.73 Å². The number of nitrogens with zero attached hydrogens (tertiary/aromatic N) is 4. The second kappa shape index (κ2) is 8.73. The number of aliphatic carboxylic acids is 1. The van der Waals surface area contributed by atoms with E-state index in [9.17, 15) is 4.79 Å². The van der Waals surface area contributed by atoms with Crippen molar-refractivity contribution in [3.8, 4) is 0 Å². The highest BCUT2D eigenvalue weighted by atomic mass is 16.4. The van der Waals surface area contributed by atoms with Crippen molar-refractivity contribution in [2.24, 2.45) is 5.73 Å². The fraction of sp³-hybridized carbons (Fsp3) is 0.524. The topological polar surface area (TPSA) is 114 Å². The van der Waals surface area contributed by atoms with Gasteiger partial charge in [-0.1, -0.05) is 30.3 Å². The van der Waals surface area contributed by atoms with Gasteiger partial charge in [0.05, 0.1) is 18.1 Å². The summed E-state index contributed by atoms with van der Waals surface area (Å²) < 4.78 is 2.21. The minimum absolute atomic E-state index is 0.0747. The lowest BCUT2D eigenvalue weighted by atomic mass is 9.76. The van der Waals surface area contributed by atoms with Crippen LogP contribution in [0, 0.1) is 0 Å². The Morgan fingerprint density at radius 2 is 1.86 bits per heavy atom. The van der Waals surface area contributed by atoms with E-state index in [2.05, 4.69) is 46.0 Å². The molecule has 0 unspecified atom stereocenters. The van der Waals surface area contributed by atoms with Crippen LogP contribution in [0.15, 0.2) is 30.3 Å². The molecule has 2 aromatic rings. The van der Waals surface area contributed by atoms with E-state index in [0.29, 0.717) is 13.1 Å². The van der Waals surface area contributed by atoms with Crippen LogP contribution in [0.4, 0.5) is 0 Å². The average Bonchev–Trinajstić information content (AvgIpc) is 3.08. The standard InChI is InChI=1S/C19H25N5O.C2H4O2/c1-14-12-23(18(25)19(20)10-5-11-19)13-17-22-21-16(24(14)17)9-8-15-6-3-2-4-7-15;1-2(3)4/h2-4,6-7,14H,5,8-13,20H2,1H3;1H3,(H,3,4)/t14-;/m0./s1. The number of aromatic nitrogens is 3. The monoisotopic (exact) mass is 399 g/mol. The van der Waals surface area contributed by atoms with Gasteiger partial charge in [-0.3, -0.25) is 9.59 Å². The largest absolute Gasteiger partial charge is 0.481 e. The van der Waals surface area contributed by atoms with Gasteiger partial charge in [0.25, 0.3) is 5.97 Å². The zero-order valence-corrected chi connectivity index (χ0v) is 17.0. The van der Waals surface area contributed by atoms with E-state index in [0.717, 1.165) is 50.7 Å². The van der Waals surface area contributed by atoms with E-state index in [-0.39, 0.29) is 11.9 Å². The lowest BCUT2D eigenvalue weighted by molar-refractivity contribution is -0.142. The number of hydrogen-bond donors (Lipinski definition) is 2. The number of rotatable bonds is 4. The van der Waals surface area contributed by atoms with Crippen LogP contribution in [0.2, 0.25) is 0 Å². The summed E-state index contributed by atoms with van der Waals surface area (Å²) in [6, 6.07) is 10.6. The van der Waals surface area contributed by atoms with E-state index in [1.54, 1.807) is 0 Å². The minimum Gasteiger partial charge on any atom is -0.481 e. The van der Waals surface area contributed by atoms with Crippen LogP contribution in [-0.4, -0.2) is 48.7 Å². The Bertz CT molecular complexity index is 856. The molecule has 1 aromatic heterocycles. The molecule has 2 heterocycles. The van der Waals surface area contributed by atoms with E-state index in [1.807, 2.05) is 11.0 Å². The number of carboxylic acid groups (broad SMARTS) is 1. The molecule has 1 aromatic carbocycles. The highest BCUT2D eigenvalue weighted by Crippen LogP contribution is 2.33. The normalized spacial score (nSPS) is 19.4. The Morgan fingerprint density at radius 3 is 2.45 bits per heavy atom. The number of carbonyl (C=O) groups is 2. The first kappa shape index (κ1) is 21.0. The molecule has 1 saturated carbocycles. The Hall–Kier alpha value is -2.74. The molecule has 1 aliphatic carbocycles. The molecule has 0 spiro atoms. The van der Waals surface area contributed by atoms with E-state index in [4.69, 9.17) is 15.6 Å². The molecule has 8 heteroatoms. The quantitative estimate of drug-likeness (QED) is 0.812. The van der Waals surface area contributed by atoms with Gasteiger partial charge in [0.15, 0.2) is 5.82 Å². The third kappa shape index (κ3) is 4.82. The van der Waals surface area contributed by atoms with Gasteiger partial charge in [-0.15, -0.1) is 10.2 Å². The molecule has 0 bridgehead atoms. The number of carbonyl (C=O) groups excluding carboxylic acids is 1. The van der Waals surface area contributed by atoms with Gasteiger partial charge in [0.2, 0.25) is 5.91 Å². The Balaban J connectivity index is 0.000000552. The number of amides is 1. The molecule has 4 rings (SSSR count). The molecule has 3 N–H and O–H groups in total. The van der Waals surface area contributed by atoms with Crippen molar-refractivity contribution >= 4 is 11.9 Å². The molecule has 1 aliphatic heterocycles. The lowest BCUT2D eigenvalue weighted by Crippen LogP contribution is -2.60. The van der Waals surface area contributed by atoms with E-state index >= 15 is 0 Å². The molecule has 2 aliphatic rings. The predicted molar refractivity (Wildman–Crippen MR) is 108 cm³/mol. The summed E-state index contributed by atoms with van der Waals surface area (Å²) in [5, 5.41) is 16.2. The second-order valence-corrected chi connectivity index (χ2v) is 7.95. The molecule has 8 nitrogen and oxygen atoms in total. The third-order valence-electron chi connectivity index (χ3n) is 5.53. The third-order valence-corrected chi connectivity index (χ3v) is 5.53. The number of carboxylic acids is 1. The van der Waals surface area contributed by atoms with Gasteiger partial charge >= 0.3 is 0 Å². The van der Waals surface area contributed by atoms with Crippen LogP contribution in [-0.2, 0) is 29.0 Å². The summed E-state index contributed by atoms with van der Waals surface area (Å²) in [4.78, 5) is 23.6. The van der Waals surface area contributed by atoms with Crippen molar-refractivity contribution in [2.75, 3.05) is 6.54 Å². The Morgan fingerprint density at radius 1 is 1.21 bits per heavy atom. The number of hydrogen-bond acceptors (Lipinski definition) is 5. The summed E-state index contributed by atoms with van der Waals surface area (Å²) in [5.41, 5.74) is 6.89. The summed E-state index contributed by atoms with van der Waals surface area (Å²) >= 11 is 0. The summed E-state index contributed by atoms with van der Waals surface area (Å²) in [6.45, 7) is 4.41. The van der Waals surface area contributed by atoms with Gasteiger partial charge in [-0.25, -0.2) is 0 Å². The van der Waals surface area contributed by atoms with Gasteiger partial charge in [0, 0.05) is 19.9 Å². The number of aryl methyl sites for hydroxylation is 2.